The number of carbonyl (C=O) groups excluding carboxylic acids is 1. The highest BCUT2D eigenvalue weighted by atomic mass is 32.2. The molecule has 0 spiro atoms. The van der Waals surface area contributed by atoms with Crippen molar-refractivity contribution in [3.05, 3.63) is 29.8 Å². The minimum atomic E-state index is -2.94. The Labute approximate surface area is 117 Å². The van der Waals surface area contributed by atoms with Crippen LogP contribution in [0.25, 0.3) is 0 Å². The second-order valence-electron chi connectivity index (χ2n) is 5.03. The number of Topliss-reactive ketones (excluding diaryl/α,β-unsaturated/α-hetero) is 1. The fourth-order valence-corrected chi connectivity index (χ4v) is 3.90. The Hall–Kier alpha value is -1.34. The standard InChI is InChI=1S/C13H17FN2O3S/c1-10-9-20(18,19)7-6-16(10)5-4-13(17)12-3-2-11(14)8-15-12/h2-3,8,10H,4-7,9H2,1H3. The van der Waals surface area contributed by atoms with Gasteiger partial charge in [0.1, 0.15) is 11.5 Å². The minimum Gasteiger partial charge on any atom is -0.298 e. The van der Waals surface area contributed by atoms with Gasteiger partial charge in [-0.05, 0) is 19.1 Å². The summed E-state index contributed by atoms with van der Waals surface area (Å²) in [4.78, 5) is 17.6. The molecule has 0 bridgehead atoms. The van der Waals surface area contributed by atoms with Gasteiger partial charge in [0.05, 0.1) is 17.7 Å². The molecule has 0 aromatic carbocycles. The average molecular weight is 300 g/mol. The normalized spacial score (nSPS) is 22.6. The van der Waals surface area contributed by atoms with Gasteiger partial charge in [0.15, 0.2) is 15.6 Å². The first-order valence-electron chi connectivity index (χ1n) is 6.46. The minimum absolute atomic E-state index is 0.0808. The van der Waals surface area contributed by atoms with Crippen LogP contribution in [0.3, 0.4) is 0 Å². The third kappa shape index (κ3) is 3.83. The first-order valence-corrected chi connectivity index (χ1v) is 8.29. The maximum absolute atomic E-state index is 12.7. The summed E-state index contributed by atoms with van der Waals surface area (Å²) in [5.41, 5.74) is 0.240. The number of aromatic nitrogens is 1. The molecule has 7 heteroatoms. The molecule has 0 radical (unpaired) electrons. The lowest BCUT2D eigenvalue weighted by atomic mass is 10.1. The summed E-state index contributed by atoms with van der Waals surface area (Å²) in [7, 11) is -2.94. The van der Waals surface area contributed by atoms with E-state index in [1.165, 1.54) is 12.1 Å². The van der Waals surface area contributed by atoms with Gasteiger partial charge in [0.25, 0.3) is 0 Å². The molecule has 0 saturated carbocycles. The summed E-state index contributed by atoms with van der Waals surface area (Å²) in [5, 5.41) is 0. The SMILES string of the molecule is CC1CS(=O)(=O)CCN1CCC(=O)c1ccc(F)cn1. The van der Waals surface area contributed by atoms with Gasteiger partial charge in [0.2, 0.25) is 0 Å². The molecule has 1 unspecified atom stereocenters. The van der Waals surface area contributed by atoms with Crippen molar-refractivity contribution in [2.45, 2.75) is 19.4 Å². The average Bonchev–Trinajstić information content (AvgIpc) is 2.37. The number of halogens is 1. The molecule has 0 aliphatic carbocycles. The summed E-state index contributed by atoms with van der Waals surface area (Å²) in [5.74, 6) is -0.363. The van der Waals surface area contributed by atoms with Crippen molar-refractivity contribution < 1.29 is 17.6 Å². The highest BCUT2D eigenvalue weighted by Crippen LogP contribution is 2.12. The number of hydrogen-bond donors (Lipinski definition) is 0. The van der Waals surface area contributed by atoms with E-state index in [4.69, 9.17) is 0 Å². The zero-order valence-corrected chi connectivity index (χ0v) is 12.1. The van der Waals surface area contributed by atoms with Crippen LogP contribution in [0.5, 0.6) is 0 Å². The number of pyridine rings is 1. The monoisotopic (exact) mass is 300 g/mol. The quantitative estimate of drug-likeness (QED) is 0.773. The zero-order valence-electron chi connectivity index (χ0n) is 11.3. The van der Waals surface area contributed by atoms with E-state index in [9.17, 15) is 17.6 Å². The van der Waals surface area contributed by atoms with Gasteiger partial charge in [-0.2, -0.15) is 0 Å². The Morgan fingerprint density at radius 1 is 1.50 bits per heavy atom. The maximum atomic E-state index is 12.7. The lowest BCUT2D eigenvalue weighted by molar-refractivity contribution is 0.0952. The molecule has 1 atom stereocenters. The van der Waals surface area contributed by atoms with Crippen molar-refractivity contribution in [3.8, 4) is 0 Å². The number of sulfone groups is 1. The van der Waals surface area contributed by atoms with E-state index in [1.807, 2.05) is 11.8 Å². The van der Waals surface area contributed by atoms with Crippen molar-refractivity contribution in [3.63, 3.8) is 0 Å². The maximum Gasteiger partial charge on any atom is 0.182 e. The largest absolute Gasteiger partial charge is 0.298 e. The predicted octanol–water partition coefficient (Wildman–Crippen LogP) is 0.912. The Morgan fingerprint density at radius 2 is 2.25 bits per heavy atom. The molecule has 1 aromatic heterocycles. The molecule has 1 aliphatic rings. The zero-order chi connectivity index (χ0) is 14.8. The Morgan fingerprint density at radius 3 is 2.85 bits per heavy atom. The van der Waals surface area contributed by atoms with Crippen molar-refractivity contribution in [1.82, 2.24) is 9.88 Å². The van der Waals surface area contributed by atoms with Gasteiger partial charge in [-0.25, -0.2) is 12.8 Å². The van der Waals surface area contributed by atoms with Crippen LogP contribution in [0.15, 0.2) is 18.3 Å². The van der Waals surface area contributed by atoms with Gasteiger partial charge >= 0.3 is 0 Å². The molecule has 2 rings (SSSR count). The molecule has 2 heterocycles. The Balaban J connectivity index is 1.89. The van der Waals surface area contributed by atoms with E-state index < -0.39 is 15.7 Å². The van der Waals surface area contributed by atoms with Gasteiger partial charge in [-0.1, -0.05) is 0 Å². The van der Waals surface area contributed by atoms with E-state index in [0.717, 1.165) is 6.20 Å². The van der Waals surface area contributed by atoms with Crippen LogP contribution >= 0.6 is 0 Å². The van der Waals surface area contributed by atoms with Crippen LogP contribution in [-0.4, -0.2) is 54.7 Å². The fraction of sp³-hybridized carbons (Fsp3) is 0.538. The molecule has 1 fully saturated rings. The van der Waals surface area contributed by atoms with Crippen molar-refractivity contribution in [2.24, 2.45) is 0 Å². The van der Waals surface area contributed by atoms with Crippen molar-refractivity contribution in [2.75, 3.05) is 24.6 Å². The number of nitrogens with zero attached hydrogens (tertiary/aromatic N) is 2. The van der Waals surface area contributed by atoms with Crippen LogP contribution in [-0.2, 0) is 9.84 Å². The van der Waals surface area contributed by atoms with Crippen LogP contribution in [0.2, 0.25) is 0 Å². The fourth-order valence-electron chi connectivity index (χ4n) is 2.28. The van der Waals surface area contributed by atoms with E-state index in [0.29, 0.717) is 13.1 Å². The molecule has 5 nitrogen and oxygen atoms in total. The molecule has 0 amide bonds. The van der Waals surface area contributed by atoms with E-state index in [-0.39, 0.29) is 35.4 Å². The molecule has 20 heavy (non-hydrogen) atoms. The summed E-state index contributed by atoms with van der Waals surface area (Å²) in [6.45, 7) is 2.79. The van der Waals surface area contributed by atoms with Crippen LogP contribution in [0.4, 0.5) is 4.39 Å². The van der Waals surface area contributed by atoms with E-state index >= 15 is 0 Å². The summed E-state index contributed by atoms with van der Waals surface area (Å²) < 4.78 is 35.6. The molecular formula is C13H17FN2O3S. The van der Waals surface area contributed by atoms with Crippen LogP contribution < -0.4 is 0 Å². The number of ketones is 1. The lowest BCUT2D eigenvalue weighted by Crippen LogP contribution is -2.47. The summed E-state index contributed by atoms with van der Waals surface area (Å²) >= 11 is 0. The Kier molecular flexibility index (Phi) is 4.49. The molecular weight excluding hydrogens is 283 g/mol. The smallest absolute Gasteiger partial charge is 0.182 e. The molecule has 0 N–H and O–H groups in total. The number of hydrogen-bond acceptors (Lipinski definition) is 5. The highest BCUT2D eigenvalue weighted by Gasteiger charge is 2.28. The topological polar surface area (TPSA) is 67.3 Å². The van der Waals surface area contributed by atoms with Gasteiger partial charge in [0, 0.05) is 25.6 Å². The summed E-state index contributed by atoms with van der Waals surface area (Å²) in [6, 6.07) is 2.49. The third-order valence-electron chi connectivity index (χ3n) is 3.45. The van der Waals surface area contributed by atoms with Gasteiger partial charge in [-0.3, -0.25) is 14.7 Å². The number of carbonyl (C=O) groups is 1. The highest BCUT2D eigenvalue weighted by molar-refractivity contribution is 7.91. The predicted molar refractivity (Wildman–Crippen MR) is 72.8 cm³/mol. The van der Waals surface area contributed by atoms with E-state index in [2.05, 4.69) is 4.98 Å². The third-order valence-corrected chi connectivity index (χ3v) is 5.24. The summed E-state index contributed by atoms with van der Waals surface area (Å²) in [6.07, 6.45) is 1.27. The lowest BCUT2D eigenvalue weighted by Gasteiger charge is -2.32. The first-order chi connectivity index (χ1) is 9.37. The van der Waals surface area contributed by atoms with Gasteiger partial charge in [-0.15, -0.1) is 0 Å². The number of rotatable bonds is 4. The Bertz CT molecular complexity index is 586. The van der Waals surface area contributed by atoms with Crippen LogP contribution in [0.1, 0.15) is 23.8 Å². The second kappa shape index (κ2) is 5.97. The second-order valence-corrected chi connectivity index (χ2v) is 7.26. The van der Waals surface area contributed by atoms with E-state index in [1.54, 1.807) is 0 Å². The van der Waals surface area contributed by atoms with Crippen LogP contribution in [0, 0.1) is 5.82 Å². The molecule has 1 saturated heterocycles. The molecule has 1 aliphatic heterocycles. The molecule has 1 aromatic rings. The van der Waals surface area contributed by atoms with Gasteiger partial charge < -0.3 is 0 Å². The molecule has 110 valence electrons. The van der Waals surface area contributed by atoms with Crippen molar-refractivity contribution in [1.29, 1.82) is 0 Å². The first kappa shape index (κ1) is 15.1. The van der Waals surface area contributed by atoms with Crippen molar-refractivity contribution >= 4 is 15.6 Å².